The highest BCUT2D eigenvalue weighted by atomic mass is 127. The van der Waals surface area contributed by atoms with Gasteiger partial charge in [0.25, 0.3) is 0 Å². The quantitative estimate of drug-likeness (QED) is 0.580. The standard InChI is InChI=1S/C12H13ClINS/c1-15(5-4-13)8-11-7-9-6-10(14)2-3-12(9)16-11/h2-3,6-7H,4-5,8H2,1H3. The van der Waals surface area contributed by atoms with E-state index in [-0.39, 0.29) is 0 Å². The van der Waals surface area contributed by atoms with E-state index < -0.39 is 0 Å². The van der Waals surface area contributed by atoms with E-state index in [1.807, 2.05) is 11.3 Å². The molecule has 86 valence electrons. The Labute approximate surface area is 119 Å². The number of nitrogens with zero attached hydrogens (tertiary/aromatic N) is 1. The summed E-state index contributed by atoms with van der Waals surface area (Å²) in [6.07, 6.45) is 0. The zero-order valence-electron chi connectivity index (χ0n) is 9.04. The Hall–Kier alpha value is 0.160. The van der Waals surface area contributed by atoms with E-state index in [2.05, 4.69) is 58.8 Å². The summed E-state index contributed by atoms with van der Waals surface area (Å²) >= 11 is 9.95. The van der Waals surface area contributed by atoms with Crippen LogP contribution in [0.15, 0.2) is 24.3 Å². The van der Waals surface area contributed by atoms with Gasteiger partial charge in [0.15, 0.2) is 0 Å². The minimum atomic E-state index is 0.694. The van der Waals surface area contributed by atoms with Gasteiger partial charge >= 0.3 is 0 Å². The molecule has 0 amide bonds. The van der Waals surface area contributed by atoms with Crippen molar-refractivity contribution in [2.45, 2.75) is 6.54 Å². The molecule has 0 radical (unpaired) electrons. The van der Waals surface area contributed by atoms with Crippen LogP contribution in [-0.2, 0) is 6.54 Å². The summed E-state index contributed by atoms with van der Waals surface area (Å²) in [7, 11) is 2.11. The molecule has 0 saturated carbocycles. The fraction of sp³-hybridized carbons (Fsp3) is 0.333. The van der Waals surface area contributed by atoms with E-state index >= 15 is 0 Å². The lowest BCUT2D eigenvalue weighted by Crippen LogP contribution is -2.19. The average molecular weight is 366 g/mol. The van der Waals surface area contributed by atoms with E-state index in [0.29, 0.717) is 5.88 Å². The third kappa shape index (κ3) is 3.09. The molecule has 1 nitrogen and oxygen atoms in total. The van der Waals surface area contributed by atoms with Crippen molar-refractivity contribution in [3.8, 4) is 0 Å². The van der Waals surface area contributed by atoms with Crippen molar-refractivity contribution in [3.05, 3.63) is 32.7 Å². The Kier molecular flexibility index (Phi) is 4.47. The second-order valence-electron chi connectivity index (χ2n) is 3.82. The molecule has 16 heavy (non-hydrogen) atoms. The smallest absolute Gasteiger partial charge is 0.0351 e. The summed E-state index contributed by atoms with van der Waals surface area (Å²) < 4.78 is 2.67. The van der Waals surface area contributed by atoms with E-state index in [9.17, 15) is 0 Å². The van der Waals surface area contributed by atoms with Crippen LogP contribution in [0.2, 0.25) is 0 Å². The molecule has 0 aliphatic carbocycles. The lowest BCUT2D eigenvalue weighted by Gasteiger charge is -2.12. The summed E-state index contributed by atoms with van der Waals surface area (Å²) in [5, 5.41) is 1.35. The van der Waals surface area contributed by atoms with E-state index in [0.717, 1.165) is 13.1 Å². The Bertz CT molecular complexity index is 483. The summed E-state index contributed by atoms with van der Waals surface area (Å²) in [5.74, 6) is 0.694. The van der Waals surface area contributed by atoms with Crippen molar-refractivity contribution in [1.29, 1.82) is 0 Å². The van der Waals surface area contributed by atoms with Crippen molar-refractivity contribution in [2.24, 2.45) is 0 Å². The normalized spacial score (nSPS) is 11.5. The lowest BCUT2D eigenvalue weighted by molar-refractivity contribution is 0.351. The van der Waals surface area contributed by atoms with Crippen LogP contribution in [0.5, 0.6) is 0 Å². The van der Waals surface area contributed by atoms with Crippen LogP contribution < -0.4 is 0 Å². The zero-order chi connectivity index (χ0) is 11.5. The number of alkyl halides is 1. The molecule has 0 fully saturated rings. The maximum Gasteiger partial charge on any atom is 0.0351 e. The highest BCUT2D eigenvalue weighted by Gasteiger charge is 2.04. The van der Waals surface area contributed by atoms with Crippen LogP contribution in [0.25, 0.3) is 10.1 Å². The molecule has 0 bridgehead atoms. The molecule has 0 unspecified atom stereocenters. The number of halogens is 2. The lowest BCUT2D eigenvalue weighted by atomic mass is 10.2. The van der Waals surface area contributed by atoms with Gasteiger partial charge in [-0.2, -0.15) is 0 Å². The first-order valence-corrected chi connectivity index (χ1v) is 7.54. The van der Waals surface area contributed by atoms with Crippen LogP contribution >= 0.6 is 45.5 Å². The van der Waals surface area contributed by atoms with Gasteiger partial charge in [-0.15, -0.1) is 22.9 Å². The molecule has 0 saturated heterocycles. The Morgan fingerprint density at radius 1 is 1.38 bits per heavy atom. The second-order valence-corrected chi connectivity index (χ2v) is 6.61. The van der Waals surface area contributed by atoms with Crippen molar-refractivity contribution in [2.75, 3.05) is 19.5 Å². The Balaban J connectivity index is 2.19. The number of hydrogen-bond donors (Lipinski definition) is 0. The van der Waals surface area contributed by atoms with E-state index in [1.54, 1.807) is 0 Å². The molecule has 1 heterocycles. The highest BCUT2D eigenvalue weighted by molar-refractivity contribution is 14.1. The molecule has 0 atom stereocenters. The van der Waals surface area contributed by atoms with Gasteiger partial charge in [0, 0.05) is 32.1 Å². The minimum absolute atomic E-state index is 0.694. The fourth-order valence-corrected chi connectivity index (χ4v) is 3.57. The van der Waals surface area contributed by atoms with Crippen LogP contribution in [0.4, 0.5) is 0 Å². The van der Waals surface area contributed by atoms with Crippen molar-refractivity contribution >= 4 is 55.6 Å². The number of rotatable bonds is 4. The summed E-state index contributed by atoms with van der Waals surface area (Å²) in [6.45, 7) is 1.93. The number of fused-ring (bicyclic) bond motifs is 1. The minimum Gasteiger partial charge on any atom is -0.300 e. The predicted molar refractivity (Wildman–Crippen MR) is 81.6 cm³/mol. The van der Waals surface area contributed by atoms with Gasteiger partial charge < -0.3 is 4.90 Å². The zero-order valence-corrected chi connectivity index (χ0v) is 12.8. The number of hydrogen-bond acceptors (Lipinski definition) is 2. The van der Waals surface area contributed by atoms with Crippen molar-refractivity contribution in [3.63, 3.8) is 0 Å². The SMILES string of the molecule is CN(CCCl)Cc1cc2cc(I)ccc2s1. The van der Waals surface area contributed by atoms with Crippen LogP contribution in [-0.4, -0.2) is 24.4 Å². The first kappa shape index (κ1) is 12.6. The predicted octanol–water partition coefficient (Wildman–Crippen LogP) is 4.18. The fourth-order valence-electron chi connectivity index (χ4n) is 1.64. The summed E-state index contributed by atoms with van der Waals surface area (Å²) in [4.78, 5) is 3.66. The largest absolute Gasteiger partial charge is 0.300 e. The molecule has 1 aromatic heterocycles. The van der Waals surface area contributed by atoms with E-state index in [1.165, 1.54) is 18.5 Å². The van der Waals surface area contributed by atoms with Crippen LogP contribution in [0.1, 0.15) is 4.88 Å². The molecule has 2 rings (SSSR count). The van der Waals surface area contributed by atoms with Gasteiger partial charge in [0.05, 0.1) is 0 Å². The molecule has 1 aromatic carbocycles. The topological polar surface area (TPSA) is 3.24 Å². The summed E-state index contributed by atoms with van der Waals surface area (Å²) in [6, 6.07) is 8.88. The monoisotopic (exact) mass is 365 g/mol. The van der Waals surface area contributed by atoms with Gasteiger partial charge in [0.2, 0.25) is 0 Å². The summed E-state index contributed by atoms with van der Waals surface area (Å²) in [5.41, 5.74) is 0. The first-order chi connectivity index (χ1) is 7.69. The van der Waals surface area contributed by atoms with Crippen LogP contribution in [0.3, 0.4) is 0 Å². The molecule has 4 heteroatoms. The molecule has 0 N–H and O–H groups in total. The third-order valence-corrected chi connectivity index (χ3v) is 4.36. The first-order valence-electron chi connectivity index (χ1n) is 5.11. The van der Waals surface area contributed by atoms with E-state index in [4.69, 9.17) is 11.6 Å². The molecule has 0 aliphatic heterocycles. The maximum absolute atomic E-state index is 5.72. The molecule has 0 spiro atoms. The number of thiophene rings is 1. The highest BCUT2D eigenvalue weighted by Crippen LogP contribution is 2.27. The molecular weight excluding hydrogens is 353 g/mol. The Morgan fingerprint density at radius 3 is 2.94 bits per heavy atom. The molecule has 2 aromatic rings. The maximum atomic E-state index is 5.72. The van der Waals surface area contributed by atoms with Gasteiger partial charge in [-0.1, -0.05) is 0 Å². The number of benzene rings is 1. The van der Waals surface area contributed by atoms with Gasteiger partial charge in [0.1, 0.15) is 0 Å². The molecular formula is C12H13ClINS. The van der Waals surface area contributed by atoms with Gasteiger partial charge in [-0.25, -0.2) is 0 Å². The third-order valence-electron chi connectivity index (χ3n) is 2.42. The van der Waals surface area contributed by atoms with Gasteiger partial charge in [-0.05, 0) is 59.3 Å². The van der Waals surface area contributed by atoms with Gasteiger partial charge in [-0.3, -0.25) is 0 Å². The average Bonchev–Trinajstić information content (AvgIpc) is 2.59. The second kappa shape index (κ2) is 5.67. The Morgan fingerprint density at radius 2 is 2.19 bits per heavy atom. The van der Waals surface area contributed by atoms with Crippen molar-refractivity contribution in [1.82, 2.24) is 4.90 Å². The van der Waals surface area contributed by atoms with Crippen LogP contribution in [0, 0.1) is 3.57 Å². The molecule has 0 aliphatic rings. The van der Waals surface area contributed by atoms with Crippen molar-refractivity contribution < 1.29 is 0 Å².